The van der Waals surface area contributed by atoms with Gasteiger partial charge in [0.15, 0.2) is 0 Å². The smallest absolute Gasteiger partial charge is 0.00491 e. The third-order valence-electron chi connectivity index (χ3n) is 1.51. The van der Waals surface area contributed by atoms with E-state index in [4.69, 9.17) is 5.73 Å². The van der Waals surface area contributed by atoms with Gasteiger partial charge in [0.1, 0.15) is 0 Å². The van der Waals surface area contributed by atoms with Gasteiger partial charge in [-0.15, -0.1) is 0 Å². The molecule has 44 valence electrons. The lowest BCUT2D eigenvalue weighted by atomic mass is 9.99. The van der Waals surface area contributed by atoms with Crippen LogP contribution in [0.4, 0.5) is 0 Å². The number of nitrogens with two attached hydrogens (primary N) is 1. The number of rotatable bonds is 2. The first-order valence-corrected chi connectivity index (χ1v) is 2.88. The van der Waals surface area contributed by atoms with Crippen LogP contribution in [0, 0.1) is 11.8 Å². The van der Waals surface area contributed by atoms with E-state index in [1.807, 2.05) is 0 Å². The van der Waals surface area contributed by atoms with Crippen LogP contribution in [-0.4, -0.2) is 6.54 Å². The van der Waals surface area contributed by atoms with E-state index in [9.17, 15) is 0 Å². The summed E-state index contributed by atoms with van der Waals surface area (Å²) in [5.41, 5.74) is 5.37. The molecular formula is C6H15N. The van der Waals surface area contributed by atoms with Crippen molar-refractivity contribution in [1.29, 1.82) is 0 Å². The molecule has 0 saturated carbocycles. The van der Waals surface area contributed by atoms with E-state index < -0.39 is 0 Å². The van der Waals surface area contributed by atoms with E-state index in [1.165, 1.54) is 0 Å². The monoisotopic (exact) mass is 101 g/mol. The molecule has 0 fully saturated rings. The van der Waals surface area contributed by atoms with Crippen molar-refractivity contribution in [2.24, 2.45) is 17.6 Å². The van der Waals surface area contributed by atoms with E-state index in [0.717, 1.165) is 12.5 Å². The van der Waals surface area contributed by atoms with Gasteiger partial charge in [-0.25, -0.2) is 0 Å². The van der Waals surface area contributed by atoms with Crippen molar-refractivity contribution in [3.8, 4) is 0 Å². The number of hydrogen-bond donors (Lipinski definition) is 1. The zero-order valence-electron chi connectivity index (χ0n) is 5.44. The second-order valence-electron chi connectivity index (χ2n) is 2.46. The van der Waals surface area contributed by atoms with Crippen molar-refractivity contribution < 1.29 is 0 Å². The van der Waals surface area contributed by atoms with E-state index >= 15 is 0 Å². The summed E-state index contributed by atoms with van der Waals surface area (Å²) in [6.07, 6.45) is 0. The van der Waals surface area contributed by atoms with Crippen molar-refractivity contribution in [2.75, 3.05) is 6.54 Å². The molecule has 0 bridgehead atoms. The van der Waals surface area contributed by atoms with E-state index in [0.29, 0.717) is 5.92 Å². The van der Waals surface area contributed by atoms with Crippen LogP contribution in [-0.2, 0) is 0 Å². The highest BCUT2D eigenvalue weighted by Crippen LogP contribution is 2.05. The van der Waals surface area contributed by atoms with Crippen LogP contribution in [0.5, 0.6) is 0 Å². The fourth-order valence-electron chi connectivity index (χ4n) is 0.272. The Hall–Kier alpha value is -0.0400. The van der Waals surface area contributed by atoms with Gasteiger partial charge in [0.05, 0.1) is 0 Å². The van der Waals surface area contributed by atoms with Gasteiger partial charge in [0, 0.05) is 0 Å². The lowest BCUT2D eigenvalue weighted by Gasteiger charge is -2.10. The van der Waals surface area contributed by atoms with Crippen LogP contribution in [0.15, 0.2) is 0 Å². The third kappa shape index (κ3) is 2.63. The molecule has 0 aromatic carbocycles. The lowest BCUT2D eigenvalue weighted by Crippen LogP contribution is -2.15. The molecule has 1 atom stereocenters. The molecule has 0 radical (unpaired) electrons. The molecule has 0 aromatic heterocycles. The molecule has 0 aliphatic rings. The van der Waals surface area contributed by atoms with Crippen LogP contribution >= 0.6 is 0 Å². The van der Waals surface area contributed by atoms with E-state index in [2.05, 4.69) is 20.8 Å². The average Bonchev–Trinajstić information content (AvgIpc) is 1.65. The van der Waals surface area contributed by atoms with Gasteiger partial charge in [-0.05, 0) is 18.4 Å². The summed E-state index contributed by atoms with van der Waals surface area (Å²) in [6.45, 7) is 7.37. The van der Waals surface area contributed by atoms with Crippen molar-refractivity contribution in [3.63, 3.8) is 0 Å². The highest BCUT2D eigenvalue weighted by Gasteiger charge is 2.01. The highest BCUT2D eigenvalue weighted by atomic mass is 14.5. The molecule has 0 aliphatic heterocycles. The molecule has 0 aliphatic carbocycles. The van der Waals surface area contributed by atoms with Gasteiger partial charge in [-0.2, -0.15) is 0 Å². The second kappa shape index (κ2) is 3.03. The summed E-state index contributed by atoms with van der Waals surface area (Å²) < 4.78 is 0. The Bertz CT molecular complexity index is 41.4. The molecule has 0 saturated heterocycles. The standard InChI is InChI=1S/C6H15N/c1-5(2)6(3)4-7/h5-6H,4,7H2,1-3H3. The van der Waals surface area contributed by atoms with Crippen LogP contribution in [0.25, 0.3) is 0 Å². The Morgan fingerprint density at radius 3 is 1.71 bits per heavy atom. The minimum absolute atomic E-state index is 0.681. The SMILES string of the molecule is CC(C)C(C)CN. The fourth-order valence-corrected chi connectivity index (χ4v) is 0.272. The maximum atomic E-state index is 5.37. The molecule has 1 heteroatoms. The normalized spacial score (nSPS) is 15.0. The number of hydrogen-bond acceptors (Lipinski definition) is 1. The molecule has 0 heterocycles. The summed E-state index contributed by atoms with van der Waals surface area (Å²) in [7, 11) is 0. The van der Waals surface area contributed by atoms with E-state index in [1.54, 1.807) is 0 Å². The molecule has 0 aromatic rings. The summed E-state index contributed by atoms with van der Waals surface area (Å²) >= 11 is 0. The van der Waals surface area contributed by atoms with Crippen LogP contribution in [0.1, 0.15) is 20.8 Å². The van der Waals surface area contributed by atoms with Crippen LogP contribution < -0.4 is 5.73 Å². The van der Waals surface area contributed by atoms with Gasteiger partial charge in [-0.1, -0.05) is 20.8 Å². The second-order valence-corrected chi connectivity index (χ2v) is 2.46. The maximum Gasteiger partial charge on any atom is -0.00491 e. The Kier molecular flexibility index (Phi) is 3.01. The Morgan fingerprint density at radius 1 is 1.29 bits per heavy atom. The molecule has 0 spiro atoms. The third-order valence-corrected chi connectivity index (χ3v) is 1.51. The molecule has 0 amide bonds. The predicted molar refractivity (Wildman–Crippen MR) is 33.1 cm³/mol. The Morgan fingerprint density at radius 2 is 1.71 bits per heavy atom. The zero-order chi connectivity index (χ0) is 5.86. The summed E-state index contributed by atoms with van der Waals surface area (Å²) in [6, 6.07) is 0. The summed E-state index contributed by atoms with van der Waals surface area (Å²) in [5, 5.41) is 0. The van der Waals surface area contributed by atoms with Gasteiger partial charge in [-0.3, -0.25) is 0 Å². The van der Waals surface area contributed by atoms with Gasteiger partial charge in [0.2, 0.25) is 0 Å². The first-order valence-electron chi connectivity index (χ1n) is 2.88. The predicted octanol–water partition coefficient (Wildman–Crippen LogP) is 1.24. The first-order chi connectivity index (χ1) is 3.18. The first kappa shape index (κ1) is 6.96. The Labute approximate surface area is 45.9 Å². The largest absolute Gasteiger partial charge is 0.330 e. The molecule has 7 heavy (non-hydrogen) atoms. The molecule has 1 unspecified atom stereocenters. The topological polar surface area (TPSA) is 26.0 Å². The average molecular weight is 101 g/mol. The highest BCUT2D eigenvalue weighted by molar-refractivity contribution is 4.55. The van der Waals surface area contributed by atoms with Gasteiger partial charge in [0.25, 0.3) is 0 Å². The van der Waals surface area contributed by atoms with Crippen molar-refractivity contribution >= 4 is 0 Å². The molecule has 2 N–H and O–H groups in total. The van der Waals surface area contributed by atoms with Crippen LogP contribution in [0.3, 0.4) is 0 Å². The van der Waals surface area contributed by atoms with Gasteiger partial charge >= 0.3 is 0 Å². The summed E-state index contributed by atoms with van der Waals surface area (Å²) in [4.78, 5) is 0. The minimum Gasteiger partial charge on any atom is -0.330 e. The Balaban J connectivity index is 3.14. The minimum atomic E-state index is 0.681. The van der Waals surface area contributed by atoms with Crippen molar-refractivity contribution in [1.82, 2.24) is 0 Å². The van der Waals surface area contributed by atoms with Crippen molar-refractivity contribution in [2.45, 2.75) is 20.8 Å². The van der Waals surface area contributed by atoms with E-state index in [-0.39, 0.29) is 0 Å². The fraction of sp³-hybridized carbons (Fsp3) is 1.00. The molecular weight excluding hydrogens is 86.1 g/mol. The summed E-state index contributed by atoms with van der Waals surface area (Å²) in [5.74, 6) is 1.42. The molecule has 0 rings (SSSR count). The molecule has 1 nitrogen and oxygen atoms in total. The quantitative estimate of drug-likeness (QED) is 0.556. The van der Waals surface area contributed by atoms with Crippen molar-refractivity contribution in [3.05, 3.63) is 0 Å². The lowest BCUT2D eigenvalue weighted by molar-refractivity contribution is 0.429. The zero-order valence-corrected chi connectivity index (χ0v) is 5.44. The maximum absolute atomic E-state index is 5.37. The van der Waals surface area contributed by atoms with Crippen LogP contribution in [0.2, 0.25) is 0 Å². The van der Waals surface area contributed by atoms with Gasteiger partial charge < -0.3 is 5.73 Å².